The fourth-order valence-corrected chi connectivity index (χ4v) is 2.23. The minimum atomic E-state index is -0.426. The molecule has 3 aromatic rings. The Morgan fingerprint density at radius 2 is 1.77 bits per heavy atom. The molecule has 0 aliphatic carbocycles. The molecule has 110 valence electrons. The van der Waals surface area contributed by atoms with Crippen molar-refractivity contribution in [1.29, 1.82) is 0 Å². The minimum absolute atomic E-state index is 0.0529. The maximum atomic E-state index is 10.7. The van der Waals surface area contributed by atoms with Crippen LogP contribution in [0, 0.1) is 10.1 Å². The Morgan fingerprint density at radius 1 is 1.09 bits per heavy atom. The predicted molar refractivity (Wildman–Crippen MR) is 82.4 cm³/mol. The maximum absolute atomic E-state index is 10.7. The van der Waals surface area contributed by atoms with Crippen molar-refractivity contribution in [1.82, 2.24) is 15.2 Å². The highest BCUT2D eigenvalue weighted by Crippen LogP contribution is 2.24. The largest absolute Gasteiger partial charge is 0.269 e. The van der Waals surface area contributed by atoms with Gasteiger partial charge in [0.15, 0.2) is 5.82 Å². The Bertz CT molecular complexity index is 781. The number of hydrogen-bond donors (Lipinski definition) is 1. The van der Waals surface area contributed by atoms with Crippen LogP contribution < -0.4 is 0 Å². The van der Waals surface area contributed by atoms with Crippen LogP contribution in [-0.4, -0.2) is 20.1 Å². The first kappa shape index (κ1) is 13.9. The molecule has 22 heavy (non-hydrogen) atoms. The molecule has 0 bridgehead atoms. The average molecular weight is 294 g/mol. The van der Waals surface area contributed by atoms with Gasteiger partial charge in [-0.15, -0.1) is 0 Å². The number of H-pyrrole nitrogens is 1. The van der Waals surface area contributed by atoms with E-state index in [-0.39, 0.29) is 11.6 Å². The lowest BCUT2D eigenvalue weighted by molar-refractivity contribution is -0.384. The zero-order valence-corrected chi connectivity index (χ0v) is 11.9. The highest BCUT2D eigenvalue weighted by molar-refractivity contribution is 5.57. The summed E-state index contributed by atoms with van der Waals surface area (Å²) in [6.07, 6.45) is 0. The van der Waals surface area contributed by atoms with Crippen molar-refractivity contribution in [2.24, 2.45) is 0 Å². The van der Waals surface area contributed by atoms with E-state index in [1.807, 2.05) is 30.3 Å². The minimum Gasteiger partial charge on any atom is -0.262 e. The fourth-order valence-electron chi connectivity index (χ4n) is 2.23. The number of nitro benzene ring substituents is 1. The molecule has 6 nitrogen and oxygen atoms in total. The lowest BCUT2D eigenvalue weighted by Gasteiger charge is -2.07. The van der Waals surface area contributed by atoms with Crippen LogP contribution in [0.5, 0.6) is 0 Å². The van der Waals surface area contributed by atoms with Crippen LogP contribution in [0.25, 0.3) is 11.4 Å². The molecule has 0 radical (unpaired) electrons. The summed E-state index contributed by atoms with van der Waals surface area (Å²) in [6, 6.07) is 16.2. The molecular formula is C16H14N4O2. The highest BCUT2D eigenvalue weighted by atomic mass is 16.6. The predicted octanol–water partition coefficient (Wildman–Crippen LogP) is 3.53. The second-order valence-electron chi connectivity index (χ2n) is 4.98. The van der Waals surface area contributed by atoms with E-state index in [9.17, 15) is 10.1 Å². The molecule has 0 amide bonds. The smallest absolute Gasteiger partial charge is 0.262 e. The lowest BCUT2D eigenvalue weighted by atomic mass is 10.0. The van der Waals surface area contributed by atoms with Crippen molar-refractivity contribution in [3.8, 4) is 11.4 Å². The number of non-ortho nitro benzene ring substituents is 1. The number of rotatable bonds is 4. The van der Waals surface area contributed by atoms with E-state index in [0.29, 0.717) is 5.82 Å². The van der Waals surface area contributed by atoms with Crippen LogP contribution >= 0.6 is 0 Å². The molecule has 0 saturated heterocycles. The molecule has 6 heteroatoms. The van der Waals surface area contributed by atoms with Gasteiger partial charge < -0.3 is 0 Å². The molecule has 1 heterocycles. The van der Waals surface area contributed by atoms with Gasteiger partial charge >= 0.3 is 0 Å². The Morgan fingerprint density at radius 3 is 2.41 bits per heavy atom. The molecule has 1 atom stereocenters. The van der Waals surface area contributed by atoms with Gasteiger partial charge in [0.2, 0.25) is 0 Å². The van der Waals surface area contributed by atoms with Crippen LogP contribution in [0.1, 0.15) is 24.2 Å². The third-order valence-corrected chi connectivity index (χ3v) is 3.55. The van der Waals surface area contributed by atoms with Gasteiger partial charge in [-0.2, -0.15) is 5.10 Å². The lowest BCUT2D eigenvalue weighted by Crippen LogP contribution is -1.98. The first-order valence-electron chi connectivity index (χ1n) is 6.87. The summed E-state index contributed by atoms with van der Waals surface area (Å²) < 4.78 is 0. The van der Waals surface area contributed by atoms with Gasteiger partial charge in [-0.1, -0.05) is 37.3 Å². The van der Waals surface area contributed by atoms with E-state index in [4.69, 9.17) is 0 Å². The van der Waals surface area contributed by atoms with E-state index in [1.165, 1.54) is 12.1 Å². The third-order valence-electron chi connectivity index (χ3n) is 3.55. The number of hydrogen-bond acceptors (Lipinski definition) is 4. The molecule has 1 N–H and O–H groups in total. The Hall–Kier alpha value is -3.02. The van der Waals surface area contributed by atoms with E-state index in [1.54, 1.807) is 12.1 Å². The molecule has 0 spiro atoms. The standard InChI is InChI=1S/C16H14N4O2/c1-11(12-5-3-2-4-6-12)15-17-16(19-18-15)13-7-9-14(10-8-13)20(21)22/h2-11H,1H3,(H,17,18,19). The topological polar surface area (TPSA) is 84.7 Å². The van der Waals surface area contributed by atoms with Crippen LogP contribution in [0.3, 0.4) is 0 Å². The first-order chi connectivity index (χ1) is 10.6. The quantitative estimate of drug-likeness (QED) is 0.589. The SMILES string of the molecule is CC(c1ccccc1)c1nc(-c2ccc([N+](=O)[O-])cc2)n[nH]1. The zero-order chi connectivity index (χ0) is 15.5. The molecule has 2 aromatic carbocycles. The number of aromatic nitrogens is 3. The van der Waals surface area contributed by atoms with Gasteiger partial charge in [-0.25, -0.2) is 4.98 Å². The second kappa shape index (κ2) is 5.77. The second-order valence-corrected chi connectivity index (χ2v) is 4.98. The summed E-state index contributed by atoms with van der Waals surface area (Å²) in [6.45, 7) is 2.05. The normalized spacial score (nSPS) is 12.0. The van der Waals surface area contributed by atoms with Crippen LogP contribution in [-0.2, 0) is 0 Å². The van der Waals surface area contributed by atoms with Crippen molar-refractivity contribution in [2.75, 3.05) is 0 Å². The van der Waals surface area contributed by atoms with Crippen molar-refractivity contribution in [2.45, 2.75) is 12.8 Å². The van der Waals surface area contributed by atoms with E-state index < -0.39 is 4.92 Å². The average Bonchev–Trinajstić information content (AvgIpc) is 3.05. The monoisotopic (exact) mass is 294 g/mol. The first-order valence-corrected chi connectivity index (χ1v) is 6.87. The van der Waals surface area contributed by atoms with E-state index in [0.717, 1.165) is 17.0 Å². The summed E-state index contributed by atoms with van der Waals surface area (Å²) in [5, 5.41) is 17.8. The van der Waals surface area contributed by atoms with Crippen molar-refractivity contribution in [3.63, 3.8) is 0 Å². The Kier molecular flexibility index (Phi) is 3.65. The molecule has 0 aliphatic rings. The number of nitrogens with zero attached hydrogens (tertiary/aromatic N) is 3. The molecule has 1 unspecified atom stereocenters. The van der Waals surface area contributed by atoms with E-state index >= 15 is 0 Å². The highest BCUT2D eigenvalue weighted by Gasteiger charge is 2.14. The Labute approximate surface area is 127 Å². The van der Waals surface area contributed by atoms with Gasteiger partial charge in [0, 0.05) is 23.6 Å². The van der Waals surface area contributed by atoms with Crippen molar-refractivity contribution >= 4 is 5.69 Å². The summed E-state index contributed by atoms with van der Waals surface area (Å²) >= 11 is 0. The Balaban J connectivity index is 1.86. The van der Waals surface area contributed by atoms with Crippen LogP contribution in [0.2, 0.25) is 0 Å². The van der Waals surface area contributed by atoms with Gasteiger partial charge in [0.1, 0.15) is 5.82 Å². The summed E-state index contributed by atoms with van der Waals surface area (Å²) in [4.78, 5) is 14.7. The van der Waals surface area contributed by atoms with E-state index in [2.05, 4.69) is 22.1 Å². The third kappa shape index (κ3) is 2.71. The van der Waals surface area contributed by atoms with Crippen molar-refractivity contribution < 1.29 is 4.92 Å². The molecule has 0 fully saturated rings. The number of nitro groups is 1. The number of nitrogens with one attached hydrogen (secondary N) is 1. The van der Waals surface area contributed by atoms with Crippen LogP contribution in [0.15, 0.2) is 54.6 Å². The molecular weight excluding hydrogens is 280 g/mol. The van der Waals surface area contributed by atoms with Gasteiger partial charge in [-0.3, -0.25) is 15.2 Å². The molecule has 1 aromatic heterocycles. The fraction of sp³-hybridized carbons (Fsp3) is 0.125. The van der Waals surface area contributed by atoms with Gasteiger partial charge in [0.05, 0.1) is 4.92 Å². The maximum Gasteiger partial charge on any atom is 0.269 e. The van der Waals surface area contributed by atoms with Gasteiger partial charge in [-0.05, 0) is 17.7 Å². The van der Waals surface area contributed by atoms with Crippen LogP contribution in [0.4, 0.5) is 5.69 Å². The molecule has 0 saturated carbocycles. The number of benzene rings is 2. The van der Waals surface area contributed by atoms with Gasteiger partial charge in [0.25, 0.3) is 5.69 Å². The molecule has 3 rings (SSSR count). The summed E-state index contributed by atoms with van der Waals surface area (Å²) in [5.74, 6) is 1.40. The summed E-state index contributed by atoms with van der Waals surface area (Å²) in [5.41, 5.74) is 1.94. The number of aromatic amines is 1. The molecule has 0 aliphatic heterocycles. The van der Waals surface area contributed by atoms with Crippen molar-refractivity contribution in [3.05, 3.63) is 76.1 Å². The summed E-state index contributed by atoms with van der Waals surface area (Å²) in [7, 11) is 0. The zero-order valence-electron chi connectivity index (χ0n) is 11.9.